The van der Waals surface area contributed by atoms with Crippen LogP contribution in [-0.2, 0) is 4.74 Å². The minimum atomic E-state index is -0.414. The zero-order valence-electron chi connectivity index (χ0n) is 6.54. The molecule has 0 aliphatic carbocycles. The largest absolute Gasteiger partial charge is 0.442 e. The number of carbonyl (C=O) groups is 1. The fourth-order valence-electron chi connectivity index (χ4n) is 1.23. The van der Waals surface area contributed by atoms with E-state index in [1.807, 2.05) is 6.92 Å². The van der Waals surface area contributed by atoms with E-state index >= 15 is 0 Å². The molecular weight excluding hydrogens is 146 g/mol. The minimum absolute atomic E-state index is 0.00231. The SMILES string of the molecule is CCCC1NC(=O)OC1CO. The standard InChI is InChI=1S/C7H13NO3/c1-2-3-5-6(4-9)11-7(10)8-5/h5-6,9H,2-4H2,1H3,(H,8,10). The Hall–Kier alpha value is -0.770. The van der Waals surface area contributed by atoms with Crippen molar-refractivity contribution in [3.8, 4) is 0 Å². The Kier molecular flexibility index (Phi) is 2.70. The maximum Gasteiger partial charge on any atom is 0.407 e. The first-order chi connectivity index (χ1) is 5.27. The smallest absolute Gasteiger partial charge is 0.407 e. The van der Waals surface area contributed by atoms with E-state index in [-0.39, 0.29) is 18.8 Å². The first-order valence-electron chi connectivity index (χ1n) is 3.86. The predicted octanol–water partition coefficient (Wildman–Crippen LogP) is 0.256. The third kappa shape index (κ3) is 1.83. The molecule has 1 aliphatic heterocycles. The molecular formula is C7H13NO3. The lowest BCUT2D eigenvalue weighted by Crippen LogP contribution is -2.33. The van der Waals surface area contributed by atoms with Gasteiger partial charge >= 0.3 is 6.09 Å². The van der Waals surface area contributed by atoms with E-state index in [9.17, 15) is 4.79 Å². The second kappa shape index (κ2) is 3.57. The van der Waals surface area contributed by atoms with Crippen molar-refractivity contribution in [2.24, 2.45) is 0 Å². The number of ether oxygens (including phenoxy) is 1. The predicted molar refractivity (Wildman–Crippen MR) is 39.2 cm³/mol. The highest BCUT2D eigenvalue weighted by Gasteiger charge is 2.32. The van der Waals surface area contributed by atoms with Crippen molar-refractivity contribution < 1.29 is 14.6 Å². The van der Waals surface area contributed by atoms with Gasteiger partial charge in [-0.15, -0.1) is 0 Å². The Bertz CT molecular complexity index is 149. The molecule has 0 aromatic heterocycles. The number of aliphatic hydroxyl groups excluding tert-OH is 1. The van der Waals surface area contributed by atoms with Crippen LogP contribution < -0.4 is 5.32 Å². The maximum atomic E-state index is 10.7. The Morgan fingerprint density at radius 1 is 1.73 bits per heavy atom. The molecule has 4 nitrogen and oxygen atoms in total. The molecule has 2 atom stereocenters. The molecule has 0 saturated carbocycles. The molecule has 1 rings (SSSR count). The lowest BCUT2D eigenvalue weighted by molar-refractivity contribution is 0.0815. The molecule has 0 aromatic carbocycles. The van der Waals surface area contributed by atoms with Crippen molar-refractivity contribution in [1.82, 2.24) is 5.32 Å². The van der Waals surface area contributed by atoms with Gasteiger partial charge in [0.25, 0.3) is 0 Å². The van der Waals surface area contributed by atoms with Crippen LogP contribution in [0.2, 0.25) is 0 Å². The third-order valence-corrected chi connectivity index (χ3v) is 1.79. The third-order valence-electron chi connectivity index (χ3n) is 1.79. The molecule has 1 amide bonds. The van der Waals surface area contributed by atoms with Crippen LogP contribution in [0.5, 0.6) is 0 Å². The minimum Gasteiger partial charge on any atom is -0.442 e. The van der Waals surface area contributed by atoms with E-state index in [0.717, 1.165) is 12.8 Å². The number of carbonyl (C=O) groups excluding carboxylic acids is 1. The lowest BCUT2D eigenvalue weighted by atomic mass is 10.1. The molecule has 1 fully saturated rings. The summed E-state index contributed by atoms with van der Waals surface area (Å²) in [7, 11) is 0. The van der Waals surface area contributed by atoms with Gasteiger partial charge in [0.15, 0.2) is 0 Å². The van der Waals surface area contributed by atoms with Crippen LogP contribution in [0, 0.1) is 0 Å². The molecule has 0 spiro atoms. The second-order valence-electron chi connectivity index (χ2n) is 2.67. The van der Waals surface area contributed by atoms with Crippen LogP contribution >= 0.6 is 0 Å². The Labute approximate surface area is 65.5 Å². The van der Waals surface area contributed by atoms with E-state index in [1.165, 1.54) is 0 Å². The Balaban J connectivity index is 2.43. The first kappa shape index (κ1) is 8.33. The molecule has 1 aliphatic rings. The van der Waals surface area contributed by atoms with Crippen LogP contribution in [0.3, 0.4) is 0 Å². The van der Waals surface area contributed by atoms with Crippen LogP contribution in [0.4, 0.5) is 4.79 Å². The number of aliphatic hydroxyl groups is 1. The summed E-state index contributed by atoms with van der Waals surface area (Å²) in [5.74, 6) is 0. The van der Waals surface area contributed by atoms with Gasteiger partial charge in [-0.1, -0.05) is 13.3 Å². The lowest BCUT2D eigenvalue weighted by Gasteiger charge is -2.12. The number of nitrogens with one attached hydrogen (secondary N) is 1. The summed E-state index contributed by atoms with van der Waals surface area (Å²) >= 11 is 0. The van der Waals surface area contributed by atoms with E-state index in [4.69, 9.17) is 9.84 Å². The summed E-state index contributed by atoms with van der Waals surface area (Å²) < 4.78 is 4.78. The molecule has 0 radical (unpaired) electrons. The molecule has 4 heteroatoms. The van der Waals surface area contributed by atoms with Crippen molar-refractivity contribution in [1.29, 1.82) is 0 Å². The summed E-state index contributed by atoms with van der Waals surface area (Å²) in [6.07, 6.45) is 1.08. The molecule has 11 heavy (non-hydrogen) atoms. The van der Waals surface area contributed by atoms with Crippen molar-refractivity contribution in [3.63, 3.8) is 0 Å². The molecule has 2 N–H and O–H groups in total. The van der Waals surface area contributed by atoms with Crippen molar-refractivity contribution in [3.05, 3.63) is 0 Å². The van der Waals surface area contributed by atoms with E-state index < -0.39 is 6.09 Å². The zero-order chi connectivity index (χ0) is 8.27. The molecule has 64 valence electrons. The fraction of sp³-hybridized carbons (Fsp3) is 0.857. The van der Waals surface area contributed by atoms with Crippen molar-refractivity contribution in [2.45, 2.75) is 31.9 Å². The summed E-state index contributed by atoms with van der Waals surface area (Å²) in [4.78, 5) is 10.7. The summed E-state index contributed by atoms with van der Waals surface area (Å²) in [5, 5.41) is 11.4. The highest BCUT2D eigenvalue weighted by molar-refractivity contribution is 5.70. The van der Waals surface area contributed by atoms with Crippen LogP contribution in [0.1, 0.15) is 19.8 Å². The van der Waals surface area contributed by atoms with Crippen LogP contribution in [0.15, 0.2) is 0 Å². The van der Waals surface area contributed by atoms with E-state index in [1.54, 1.807) is 0 Å². The number of cyclic esters (lactones) is 1. The van der Waals surface area contributed by atoms with Gasteiger partial charge < -0.3 is 15.2 Å². The first-order valence-corrected chi connectivity index (χ1v) is 3.86. The second-order valence-corrected chi connectivity index (χ2v) is 2.67. The van der Waals surface area contributed by atoms with Crippen LogP contribution in [0.25, 0.3) is 0 Å². The Morgan fingerprint density at radius 2 is 2.45 bits per heavy atom. The molecule has 0 bridgehead atoms. The zero-order valence-corrected chi connectivity index (χ0v) is 6.54. The fourth-order valence-corrected chi connectivity index (χ4v) is 1.23. The number of alkyl carbamates (subject to hydrolysis) is 1. The number of hydrogen-bond donors (Lipinski definition) is 2. The Morgan fingerprint density at radius 3 is 3.00 bits per heavy atom. The molecule has 0 aromatic rings. The van der Waals surface area contributed by atoms with Crippen molar-refractivity contribution >= 4 is 6.09 Å². The monoisotopic (exact) mass is 159 g/mol. The quantitative estimate of drug-likeness (QED) is 0.620. The maximum absolute atomic E-state index is 10.7. The molecule has 1 saturated heterocycles. The highest BCUT2D eigenvalue weighted by Crippen LogP contribution is 2.12. The summed E-state index contributed by atoms with van der Waals surface area (Å²) in [6.45, 7) is 1.93. The van der Waals surface area contributed by atoms with Gasteiger partial charge in [-0.25, -0.2) is 4.79 Å². The van der Waals surface area contributed by atoms with Gasteiger partial charge in [-0.3, -0.25) is 0 Å². The van der Waals surface area contributed by atoms with Crippen molar-refractivity contribution in [2.75, 3.05) is 6.61 Å². The average molecular weight is 159 g/mol. The van der Waals surface area contributed by atoms with Gasteiger partial charge in [0, 0.05) is 0 Å². The van der Waals surface area contributed by atoms with E-state index in [0.29, 0.717) is 0 Å². The summed E-state index contributed by atoms with van der Waals surface area (Å²) in [5.41, 5.74) is 0. The van der Waals surface area contributed by atoms with Crippen LogP contribution in [-0.4, -0.2) is 30.0 Å². The molecule has 1 heterocycles. The average Bonchev–Trinajstić information content (AvgIpc) is 2.32. The van der Waals surface area contributed by atoms with Gasteiger partial charge in [-0.05, 0) is 6.42 Å². The molecule has 2 unspecified atom stereocenters. The highest BCUT2D eigenvalue weighted by atomic mass is 16.6. The van der Waals surface area contributed by atoms with E-state index in [2.05, 4.69) is 5.32 Å². The van der Waals surface area contributed by atoms with Gasteiger partial charge in [0.05, 0.1) is 12.6 Å². The number of rotatable bonds is 3. The topological polar surface area (TPSA) is 58.6 Å². The normalized spacial score (nSPS) is 29.8. The number of hydrogen-bond acceptors (Lipinski definition) is 3. The van der Waals surface area contributed by atoms with Gasteiger partial charge in [0.2, 0.25) is 0 Å². The summed E-state index contributed by atoms with van der Waals surface area (Å²) in [6, 6.07) is -0.00231. The van der Waals surface area contributed by atoms with Gasteiger partial charge in [-0.2, -0.15) is 0 Å². The van der Waals surface area contributed by atoms with Gasteiger partial charge in [0.1, 0.15) is 6.10 Å². The number of amides is 1.